The molecule has 1 atom stereocenters. The number of amides is 1. The summed E-state index contributed by atoms with van der Waals surface area (Å²) in [6.45, 7) is 9.95. The van der Waals surface area contributed by atoms with Crippen molar-refractivity contribution in [3.05, 3.63) is 0 Å². The smallest absolute Gasteiger partial charge is 0.407 e. The monoisotopic (exact) mass is 232 g/mol. The van der Waals surface area contributed by atoms with Gasteiger partial charge in [-0.05, 0) is 33.1 Å². The third-order valence-electron chi connectivity index (χ3n) is 1.80. The zero-order valence-corrected chi connectivity index (χ0v) is 10.9. The number of hydrogen-bond acceptors (Lipinski definition) is 4. The fourth-order valence-corrected chi connectivity index (χ4v) is 1.22. The summed E-state index contributed by atoms with van der Waals surface area (Å²) >= 11 is 0. The van der Waals surface area contributed by atoms with Gasteiger partial charge in [0.1, 0.15) is 5.60 Å². The number of ether oxygens (including phenoxy) is 1. The van der Waals surface area contributed by atoms with Crippen molar-refractivity contribution >= 4 is 6.09 Å². The van der Waals surface area contributed by atoms with E-state index in [0.29, 0.717) is 12.5 Å². The molecule has 0 radical (unpaired) electrons. The molecule has 0 heterocycles. The van der Waals surface area contributed by atoms with Crippen molar-refractivity contribution in [1.29, 1.82) is 0 Å². The van der Waals surface area contributed by atoms with Gasteiger partial charge in [0.2, 0.25) is 0 Å². The van der Waals surface area contributed by atoms with Gasteiger partial charge in [0.15, 0.2) is 0 Å². The lowest BCUT2D eigenvalue weighted by atomic mass is 10.1. The summed E-state index contributed by atoms with van der Waals surface area (Å²) < 4.78 is 5.09. The molecule has 0 bridgehead atoms. The molecule has 0 spiro atoms. The van der Waals surface area contributed by atoms with Crippen molar-refractivity contribution in [1.82, 2.24) is 5.32 Å². The second kappa shape index (κ2) is 6.70. The Morgan fingerprint density at radius 3 is 2.31 bits per heavy atom. The molecule has 16 heavy (non-hydrogen) atoms. The van der Waals surface area contributed by atoms with Crippen LogP contribution in [0.2, 0.25) is 0 Å². The SMILES string of the molecule is CC(C)CC(CNC(=O)OC(C)(C)C)ON. The molecule has 1 unspecified atom stereocenters. The lowest BCUT2D eigenvalue weighted by molar-refractivity contribution is 0.0268. The Balaban J connectivity index is 3.88. The van der Waals surface area contributed by atoms with Gasteiger partial charge in [0, 0.05) is 6.54 Å². The lowest BCUT2D eigenvalue weighted by Gasteiger charge is -2.21. The molecule has 5 nitrogen and oxygen atoms in total. The molecule has 0 aromatic heterocycles. The standard InChI is InChI=1S/C11H24N2O3/c1-8(2)6-9(16-12)7-13-10(14)15-11(3,4)5/h8-9H,6-7,12H2,1-5H3,(H,13,14). The zero-order chi connectivity index (χ0) is 12.8. The van der Waals surface area contributed by atoms with Gasteiger partial charge in [-0.2, -0.15) is 0 Å². The Labute approximate surface area is 97.6 Å². The van der Waals surface area contributed by atoms with Crippen molar-refractivity contribution in [2.24, 2.45) is 11.8 Å². The molecule has 96 valence electrons. The van der Waals surface area contributed by atoms with Gasteiger partial charge in [0.05, 0.1) is 6.10 Å². The third kappa shape index (κ3) is 8.49. The van der Waals surface area contributed by atoms with E-state index in [1.54, 1.807) is 0 Å². The number of hydrogen-bond donors (Lipinski definition) is 2. The quantitative estimate of drug-likeness (QED) is 0.709. The highest BCUT2D eigenvalue weighted by Crippen LogP contribution is 2.08. The van der Waals surface area contributed by atoms with Gasteiger partial charge in [-0.25, -0.2) is 10.7 Å². The Morgan fingerprint density at radius 1 is 1.38 bits per heavy atom. The van der Waals surface area contributed by atoms with Gasteiger partial charge in [-0.1, -0.05) is 13.8 Å². The van der Waals surface area contributed by atoms with E-state index < -0.39 is 11.7 Å². The highest BCUT2D eigenvalue weighted by molar-refractivity contribution is 5.67. The van der Waals surface area contributed by atoms with Crippen LogP contribution in [0.4, 0.5) is 4.79 Å². The maximum Gasteiger partial charge on any atom is 0.407 e. The van der Waals surface area contributed by atoms with Crippen LogP contribution < -0.4 is 11.2 Å². The summed E-state index contributed by atoms with van der Waals surface area (Å²) in [7, 11) is 0. The first-order valence-electron chi connectivity index (χ1n) is 5.57. The highest BCUT2D eigenvalue weighted by Gasteiger charge is 2.17. The van der Waals surface area contributed by atoms with Crippen LogP contribution in [0.15, 0.2) is 0 Å². The first kappa shape index (κ1) is 15.2. The molecule has 5 heteroatoms. The van der Waals surface area contributed by atoms with Crippen molar-refractivity contribution in [3.63, 3.8) is 0 Å². The van der Waals surface area contributed by atoms with Gasteiger partial charge >= 0.3 is 6.09 Å². The van der Waals surface area contributed by atoms with Crippen LogP contribution in [0.5, 0.6) is 0 Å². The van der Waals surface area contributed by atoms with Gasteiger partial charge in [-0.3, -0.25) is 4.84 Å². The minimum atomic E-state index is -0.485. The van der Waals surface area contributed by atoms with Crippen LogP contribution in [0, 0.1) is 5.92 Å². The molecule has 0 aromatic carbocycles. The Bertz CT molecular complexity index is 212. The third-order valence-corrected chi connectivity index (χ3v) is 1.80. The van der Waals surface area contributed by atoms with Crippen LogP contribution in [0.25, 0.3) is 0 Å². The molecule has 0 rings (SSSR count). The lowest BCUT2D eigenvalue weighted by Crippen LogP contribution is -2.39. The second-order valence-electron chi connectivity index (χ2n) is 5.27. The summed E-state index contributed by atoms with van der Waals surface area (Å²) in [6.07, 6.45) is 0.178. The van der Waals surface area contributed by atoms with E-state index in [1.807, 2.05) is 20.8 Å². The van der Waals surface area contributed by atoms with Gasteiger partial charge in [0.25, 0.3) is 0 Å². The molecule has 1 amide bonds. The van der Waals surface area contributed by atoms with Crippen molar-refractivity contribution in [3.8, 4) is 0 Å². The van der Waals surface area contributed by atoms with Crippen molar-refractivity contribution < 1.29 is 14.4 Å². The van der Waals surface area contributed by atoms with E-state index in [0.717, 1.165) is 6.42 Å². The summed E-state index contributed by atoms with van der Waals surface area (Å²) in [5.41, 5.74) is -0.485. The largest absolute Gasteiger partial charge is 0.444 e. The molecule has 0 aliphatic rings. The number of carbonyl (C=O) groups is 1. The Morgan fingerprint density at radius 2 is 1.94 bits per heavy atom. The number of nitrogens with one attached hydrogen (secondary N) is 1. The highest BCUT2D eigenvalue weighted by atomic mass is 16.6. The van der Waals surface area contributed by atoms with E-state index in [1.165, 1.54) is 0 Å². The first-order valence-corrected chi connectivity index (χ1v) is 5.57. The second-order valence-corrected chi connectivity index (χ2v) is 5.27. The van der Waals surface area contributed by atoms with E-state index >= 15 is 0 Å². The minimum Gasteiger partial charge on any atom is -0.444 e. The molecule has 0 aliphatic carbocycles. The van der Waals surface area contributed by atoms with Crippen LogP contribution in [0.3, 0.4) is 0 Å². The normalized spacial score (nSPS) is 13.7. The minimum absolute atomic E-state index is 0.174. The maximum absolute atomic E-state index is 11.3. The van der Waals surface area contributed by atoms with Gasteiger partial charge < -0.3 is 10.1 Å². The number of rotatable bonds is 5. The number of alkyl carbamates (subject to hydrolysis) is 1. The average Bonchev–Trinajstić information content (AvgIpc) is 2.08. The summed E-state index contributed by atoms with van der Waals surface area (Å²) in [5.74, 6) is 5.61. The van der Waals surface area contributed by atoms with Crippen LogP contribution in [-0.4, -0.2) is 24.3 Å². The molecular weight excluding hydrogens is 208 g/mol. The molecule has 0 saturated carbocycles. The Kier molecular flexibility index (Phi) is 6.36. The molecule has 0 fully saturated rings. The maximum atomic E-state index is 11.3. The molecule has 0 aromatic rings. The summed E-state index contributed by atoms with van der Waals surface area (Å²) in [6, 6.07) is 0. The van der Waals surface area contributed by atoms with E-state index in [4.69, 9.17) is 15.5 Å². The van der Waals surface area contributed by atoms with E-state index in [2.05, 4.69) is 19.2 Å². The zero-order valence-electron chi connectivity index (χ0n) is 10.9. The average molecular weight is 232 g/mol. The topological polar surface area (TPSA) is 73.6 Å². The molecule has 0 saturated heterocycles. The number of carbonyl (C=O) groups excluding carboxylic acids is 1. The summed E-state index contributed by atoms with van der Waals surface area (Å²) in [4.78, 5) is 16.1. The van der Waals surface area contributed by atoms with Crippen molar-refractivity contribution in [2.45, 2.75) is 52.7 Å². The molecule has 0 aliphatic heterocycles. The molecule has 3 N–H and O–H groups in total. The predicted molar refractivity (Wildman–Crippen MR) is 62.8 cm³/mol. The first-order chi connectivity index (χ1) is 7.24. The predicted octanol–water partition coefficient (Wildman–Crippen LogP) is 1.82. The fourth-order valence-electron chi connectivity index (χ4n) is 1.22. The summed E-state index contributed by atoms with van der Waals surface area (Å²) in [5, 5.41) is 2.63. The van der Waals surface area contributed by atoms with E-state index in [-0.39, 0.29) is 6.10 Å². The van der Waals surface area contributed by atoms with Crippen LogP contribution >= 0.6 is 0 Å². The van der Waals surface area contributed by atoms with Gasteiger partial charge in [-0.15, -0.1) is 0 Å². The molecular formula is C11H24N2O3. The number of nitrogens with two attached hydrogens (primary N) is 1. The van der Waals surface area contributed by atoms with Crippen LogP contribution in [-0.2, 0) is 9.57 Å². The van der Waals surface area contributed by atoms with Crippen LogP contribution in [0.1, 0.15) is 41.0 Å². The Hall–Kier alpha value is -0.810. The van der Waals surface area contributed by atoms with E-state index in [9.17, 15) is 4.79 Å². The fraction of sp³-hybridized carbons (Fsp3) is 0.909. The van der Waals surface area contributed by atoms with Crippen molar-refractivity contribution in [2.75, 3.05) is 6.54 Å².